The minimum Gasteiger partial charge on any atom is -0.143 e. The predicted octanol–water partition coefficient (Wildman–Crippen LogP) is 4.97. The molecule has 0 bridgehead atoms. The molecule has 0 aliphatic rings. The molecule has 0 amide bonds. The van der Waals surface area contributed by atoms with Crippen LogP contribution in [-0.4, -0.2) is 0 Å². The highest BCUT2D eigenvalue weighted by Crippen LogP contribution is 2.44. The average molecular weight is 358 g/mol. The Morgan fingerprint density at radius 2 is 1.25 bits per heavy atom. The van der Waals surface area contributed by atoms with Crippen molar-refractivity contribution in [2.75, 3.05) is 0 Å². The van der Waals surface area contributed by atoms with E-state index in [9.17, 15) is 0 Å². The molecule has 0 spiro atoms. The molecule has 82 valence electrons. The van der Waals surface area contributed by atoms with Crippen molar-refractivity contribution in [1.29, 1.82) is 0 Å². The monoisotopic (exact) mass is 356 g/mol. The second kappa shape index (κ2) is 4.94. The van der Waals surface area contributed by atoms with Gasteiger partial charge in [0.05, 0.1) is 0 Å². The number of alkyl halides is 2. The Kier molecular flexibility index (Phi) is 3.77. The van der Waals surface area contributed by atoms with Crippen LogP contribution in [-0.2, 0) is 3.23 Å². The van der Waals surface area contributed by atoms with E-state index >= 15 is 0 Å². The maximum atomic E-state index is 4.28. The fourth-order valence-electron chi connectivity index (χ4n) is 1.48. The van der Waals surface area contributed by atoms with Crippen LogP contribution in [0.3, 0.4) is 0 Å². The molecular weight excluding hydrogens is 348 g/mol. The molecule has 3 heteroatoms. The third kappa shape index (κ3) is 2.53. The summed E-state index contributed by atoms with van der Waals surface area (Å²) in [4.78, 5) is 0.965. The lowest BCUT2D eigenvalue weighted by molar-refractivity contribution is 1.11. The Hall–Kier alpha value is -0.250. The van der Waals surface area contributed by atoms with E-state index < -0.39 is 0 Å². The molecule has 0 aliphatic carbocycles. The molecule has 2 aromatic rings. The van der Waals surface area contributed by atoms with Crippen molar-refractivity contribution in [1.82, 2.24) is 0 Å². The summed E-state index contributed by atoms with van der Waals surface area (Å²) >= 11 is 11.7. The van der Waals surface area contributed by atoms with Crippen LogP contribution in [0.5, 0.6) is 0 Å². The molecule has 16 heavy (non-hydrogen) atoms. The van der Waals surface area contributed by atoms with Gasteiger partial charge < -0.3 is 0 Å². The quantitative estimate of drug-likeness (QED) is 0.569. The molecular formula is C13H10Br2S. The van der Waals surface area contributed by atoms with Crippen LogP contribution in [0, 0.1) is 0 Å². The Bertz CT molecular complexity index is 463. The lowest BCUT2D eigenvalue weighted by atomic mass is 10.1. The second-order valence-electron chi connectivity index (χ2n) is 3.49. The van der Waals surface area contributed by atoms with Crippen LogP contribution in [0.2, 0.25) is 0 Å². The van der Waals surface area contributed by atoms with Crippen molar-refractivity contribution in [2.45, 2.75) is 8.13 Å². The standard InChI is InChI=1S/C13H10Br2S/c14-13(15,10-4-2-1-3-5-10)11-6-8-12(16)9-7-11/h1-9,16H. The first-order valence-electron chi connectivity index (χ1n) is 4.83. The first-order chi connectivity index (χ1) is 7.60. The molecule has 0 saturated carbocycles. The van der Waals surface area contributed by atoms with Gasteiger partial charge in [0.1, 0.15) is 3.23 Å². The summed E-state index contributed by atoms with van der Waals surface area (Å²) in [5.74, 6) is 0. The van der Waals surface area contributed by atoms with E-state index in [1.807, 2.05) is 30.3 Å². The van der Waals surface area contributed by atoms with Gasteiger partial charge in [-0.25, -0.2) is 0 Å². The number of halogens is 2. The van der Waals surface area contributed by atoms with Gasteiger partial charge in [0.15, 0.2) is 0 Å². The van der Waals surface area contributed by atoms with Crippen molar-refractivity contribution in [3.63, 3.8) is 0 Å². The Labute approximate surface area is 118 Å². The summed E-state index contributed by atoms with van der Waals surface area (Å²) in [6, 6.07) is 18.3. The third-order valence-electron chi connectivity index (χ3n) is 2.37. The number of hydrogen-bond donors (Lipinski definition) is 1. The zero-order valence-corrected chi connectivity index (χ0v) is 12.5. The maximum absolute atomic E-state index is 4.28. The van der Waals surface area contributed by atoms with Gasteiger partial charge in [-0.1, -0.05) is 74.3 Å². The summed E-state index contributed by atoms with van der Waals surface area (Å²) in [5.41, 5.74) is 2.32. The number of benzene rings is 2. The van der Waals surface area contributed by atoms with Crippen molar-refractivity contribution >= 4 is 44.5 Å². The molecule has 0 heterocycles. The highest BCUT2D eigenvalue weighted by molar-refractivity contribution is 9.25. The fraction of sp³-hybridized carbons (Fsp3) is 0.0769. The minimum absolute atomic E-state index is 0.331. The highest BCUT2D eigenvalue weighted by atomic mass is 79.9. The maximum Gasteiger partial charge on any atom is 0.130 e. The normalized spacial score (nSPS) is 11.4. The van der Waals surface area contributed by atoms with Crippen LogP contribution in [0.15, 0.2) is 59.5 Å². The van der Waals surface area contributed by atoms with Gasteiger partial charge in [0.2, 0.25) is 0 Å². The topological polar surface area (TPSA) is 0 Å². The van der Waals surface area contributed by atoms with Crippen LogP contribution < -0.4 is 0 Å². The van der Waals surface area contributed by atoms with Gasteiger partial charge in [0.25, 0.3) is 0 Å². The van der Waals surface area contributed by atoms with Crippen LogP contribution in [0.1, 0.15) is 11.1 Å². The van der Waals surface area contributed by atoms with Gasteiger partial charge in [0, 0.05) is 4.90 Å². The van der Waals surface area contributed by atoms with E-state index in [-0.39, 0.29) is 3.23 Å². The molecule has 0 aromatic heterocycles. The summed E-state index contributed by atoms with van der Waals surface area (Å²) in [5, 5.41) is 0. The molecule has 0 radical (unpaired) electrons. The predicted molar refractivity (Wildman–Crippen MR) is 78.8 cm³/mol. The largest absolute Gasteiger partial charge is 0.143 e. The first-order valence-corrected chi connectivity index (χ1v) is 6.87. The van der Waals surface area contributed by atoms with Crippen molar-refractivity contribution in [2.24, 2.45) is 0 Å². The molecule has 0 fully saturated rings. The van der Waals surface area contributed by atoms with Crippen molar-refractivity contribution in [3.05, 3.63) is 65.7 Å². The van der Waals surface area contributed by atoms with Crippen LogP contribution >= 0.6 is 44.5 Å². The van der Waals surface area contributed by atoms with E-state index in [2.05, 4.69) is 68.8 Å². The summed E-state index contributed by atoms with van der Waals surface area (Å²) in [6.07, 6.45) is 0. The van der Waals surface area contributed by atoms with E-state index in [4.69, 9.17) is 0 Å². The summed E-state index contributed by atoms with van der Waals surface area (Å²) < 4.78 is -0.331. The third-order valence-corrected chi connectivity index (χ3v) is 4.50. The summed E-state index contributed by atoms with van der Waals surface area (Å²) in [7, 11) is 0. The molecule has 0 nitrogen and oxygen atoms in total. The van der Waals surface area contributed by atoms with Crippen LogP contribution in [0.4, 0.5) is 0 Å². The Balaban J connectivity index is 2.43. The van der Waals surface area contributed by atoms with E-state index in [0.29, 0.717) is 0 Å². The second-order valence-corrected chi connectivity index (χ2v) is 7.45. The molecule has 0 atom stereocenters. The summed E-state index contributed by atoms with van der Waals surface area (Å²) in [6.45, 7) is 0. The smallest absolute Gasteiger partial charge is 0.130 e. The van der Waals surface area contributed by atoms with Gasteiger partial charge in [-0.15, -0.1) is 12.6 Å². The van der Waals surface area contributed by atoms with Gasteiger partial charge in [-0.3, -0.25) is 0 Å². The molecule has 0 aliphatic heterocycles. The lowest BCUT2D eigenvalue weighted by Crippen LogP contribution is -2.10. The number of rotatable bonds is 2. The van der Waals surface area contributed by atoms with Crippen LogP contribution in [0.25, 0.3) is 0 Å². The fourth-order valence-corrected chi connectivity index (χ4v) is 2.69. The zero-order chi connectivity index (χ0) is 11.6. The van der Waals surface area contributed by atoms with E-state index in [0.717, 1.165) is 10.5 Å². The zero-order valence-electron chi connectivity index (χ0n) is 8.40. The first kappa shape index (κ1) is 12.2. The molecule has 0 unspecified atom stereocenters. The van der Waals surface area contributed by atoms with Crippen molar-refractivity contribution in [3.8, 4) is 0 Å². The molecule has 0 N–H and O–H groups in total. The molecule has 2 rings (SSSR count). The molecule has 2 aromatic carbocycles. The minimum atomic E-state index is -0.331. The van der Waals surface area contributed by atoms with Gasteiger partial charge >= 0.3 is 0 Å². The average Bonchev–Trinajstić information content (AvgIpc) is 2.31. The number of thiol groups is 1. The Morgan fingerprint density at radius 3 is 1.81 bits per heavy atom. The van der Waals surface area contributed by atoms with Crippen molar-refractivity contribution < 1.29 is 0 Å². The van der Waals surface area contributed by atoms with Gasteiger partial charge in [-0.05, 0) is 23.3 Å². The van der Waals surface area contributed by atoms with E-state index in [1.54, 1.807) is 0 Å². The molecule has 0 saturated heterocycles. The van der Waals surface area contributed by atoms with E-state index in [1.165, 1.54) is 5.56 Å². The number of hydrogen-bond acceptors (Lipinski definition) is 1. The Morgan fingerprint density at radius 1 is 0.750 bits per heavy atom. The lowest BCUT2D eigenvalue weighted by Gasteiger charge is -2.21. The van der Waals surface area contributed by atoms with Gasteiger partial charge in [-0.2, -0.15) is 0 Å². The SMILES string of the molecule is Sc1ccc(C(Br)(Br)c2ccccc2)cc1. The highest BCUT2D eigenvalue weighted by Gasteiger charge is 2.27.